The van der Waals surface area contributed by atoms with E-state index in [0.717, 1.165) is 44.4 Å². The Bertz CT molecular complexity index is 509. The third-order valence-electron chi connectivity index (χ3n) is 5.05. The molecule has 3 rings (SSSR count). The largest absolute Gasteiger partial charge is 0.374 e. The number of morpholine rings is 1. The summed E-state index contributed by atoms with van der Waals surface area (Å²) in [4.78, 5) is 4.97. The fourth-order valence-electron chi connectivity index (χ4n) is 3.47. The van der Waals surface area contributed by atoms with Gasteiger partial charge in [0.05, 0.1) is 18.4 Å². The number of ether oxygens (including phenoxy) is 1. The zero-order valence-electron chi connectivity index (χ0n) is 14.5. The topological polar surface area (TPSA) is 33.5 Å². The monoisotopic (exact) mass is 306 g/mol. The van der Waals surface area contributed by atoms with Crippen molar-refractivity contribution in [1.82, 2.24) is 19.6 Å². The molecule has 1 saturated heterocycles. The van der Waals surface area contributed by atoms with Crippen molar-refractivity contribution in [1.29, 1.82) is 0 Å². The normalized spacial score (nSPS) is 23.4. The highest BCUT2D eigenvalue weighted by Crippen LogP contribution is 2.29. The molecule has 0 aromatic carbocycles. The second-order valence-corrected chi connectivity index (χ2v) is 7.17. The molecule has 5 nitrogen and oxygen atoms in total. The Morgan fingerprint density at radius 2 is 2.05 bits per heavy atom. The minimum absolute atomic E-state index is 0.342. The molecule has 0 N–H and O–H groups in total. The van der Waals surface area contributed by atoms with E-state index in [0.29, 0.717) is 6.10 Å². The summed E-state index contributed by atoms with van der Waals surface area (Å²) < 4.78 is 7.97. The Balaban J connectivity index is 1.53. The van der Waals surface area contributed by atoms with Crippen molar-refractivity contribution < 1.29 is 4.74 Å². The molecule has 1 aliphatic heterocycles. The number of hydrogen-bond acceptors (Lipinski definition) is 4. The second-order valence-electron chi connectivity index (χ2n) is 7.17. The van der Waals surface area contributed by atoms with Gasteiger partial charge in [0.2, 0.25) is 0 Å². The molecule has 124 valence electrons. The predicted octanol–water partition coefficient (Wildman–Crippen LogP) is 1.58. The Kier molecular flexibility index (Phi) is 4.85. The molecule has 22 heavy (non-hydrogen) atoms. The number of hydrogen-bond donors (Lipinski definition) is 0. The highest BCUT2D eigenvalue weighted by atomic mass is 16.5. The van der Waals surface area contributed by atoms with Crippen LogP contribution in [0.25, 0.3) is 0 Å². The smallest absolute Gasteiger partial charge is 0.0829 e. The number of aromatic nitrogens is 2. The average molecular weight is 306 g/mol. The van der Waals surface area contributed by atoms with Crippen LogP contribution in [-0.2, 0) is 18.3 Å². The third-order valence-corrected chi connectivity index (χ3v) is 5.05. The van der Waals surface area contributed by atoms with Gasteiger partial charge >= 0.3 is 0 Å². The minimum atomic E-state index is 0.342. The Labute approximate surface area is 134 Å². The second kappa shape index (κ2) is 6.69. The van der Waals surface area contributed by atoms with E-state index in [-0.39, 0.29) is 0 Å². The summed E-state index contributed by atoms with van der Waals surface area (Å²) >= 11 is 0. The summed E-state index contributed by atoms with van der Waals surface area (Å²) in [7, 11) is 4.26. The zero-order valence-corrected chi connectivity index (χ0v) is 14.5. The van der Waals surface area contributed by atoms with Crippen molar-refractivity contribution in [2.75, 3.05) is 39.8 Å². The van der Waals surface area contributed by atoms with Gasteiger partial charge in [-0.3, -0.25) is 9.58 Å². The summed E-state index contributed by atoms with van der Waals surface area (Å²) in [6.45, 7) is 10.5. The maximum Gasteiger partial charge on any atom is 0.0829 e. The lowest BCUT2D eigenvalue weighted by Crippen LogP contribution is -2.46. The first-order valence-corrected chi connectivity index (χ1v) is 8.54. The van der Waals surface area contributed by atoms with E-state index in [1.807, 2.05) is 11.7 Å². The van der Waals surface area contributed by atoms with E-state index in [1.165, 1.54) is 30.6 Å². The van der Waals surface area contributed by atoms with Gasteiger partial charge in [-0.25, -0.2) is 0 Å². The van der Waals surface area contributed by atoms with Crippen LogP contribution in [0.4, 0.5) is 0 Å². The fraction of sp³-hybridized carbons (Fsp3) is 0.824. The van der Waals surface area contributed by atoms with Gasteiger partial charge in [-0.2, -0.15) is 5.10 Å². The maximum absolute atomic E-state index is 5.98. The van der Waals surface area contributed by atoms with E-state index in [2.05, 4.69) is 35.8 Å². The quantitative estimate of drug-likeness (QED) is 0.799. The van der Waals surface area contributed by atoms with Gasteiger partial charge in [0, 0.05) is 51.0 Å². The molecule has 0 spiro atoms. The Morgan fingerprint density at radius 3 is 2.68 bits per heavy atom. The molecule has 1 aromatic rings. The fourth-order valence-corrected chi connectivity index (χ4v) is 3.47. The van der Waals surface area contributed by atoms with Crippen molar-refractivity contribution in [3.63, 3.8) is 0 Å². The molecule has 1 aliphatic carbocycles. The van der Waals surface area contributed by atoms with Gasteiger partial charge in [0.25, 0.3) is 0 Å². The van der Waals surface area contributed by atoms with Crippen LogP contribution in [0.2, 0.25) is 0 Å². The van der Waals surface area contributed by atoms with Crippen LogP contribution in [0.15, 0.2) is 0 Å². The van der Waals surface area contributed by atoms with Crippen molar-refractivity contribution in [3.8, 4) is 0 Å². The molecule has 1 atom stereocenters. The lowest BCUT2D eigenvalue weighted by atomic mass is 10.1. The minimum Gasteiger partial charge on any atom is -0.374 e. The van der Waals surface area contributed by atoms with Crippen molar-refractivity contribution in [2.45, 2.75) is 39.3 Å². The average Bonchev–Trinajstić information content (AvgIpc) is 3.23. The molecule has 0 bridgehead atoms. The van der Waals surface area contributed by atoms with Gasteiger partial charge in [-0.05, 0) is 39.7 Å². The van der Waals surface area contributed by atoms with E-state index in [1.54, 1.807) is 0 Å². The molecule has 2 fully saturated rings. The van der Waals surface area contributed by atoms with Crippen LogP contribution in [-0.4, -0.2) is 65.5 Å². The molecular formula is C17H30N4O. The SMILES string of the molecule is Cc1nn(C)c(C)c1CN1CCO[C@@H](CN(C)CC2CC2)C1. The molecule has 5 heteroatoms. The molecular weight excluding hydrogens is 276 g/mol. The predicted molar refractivity (Wildman–Crippen MR) is 87.9 cm³/mol. The van der Waals surface area contributed by atoms with Crippen molar-refractivity contribution in [2.24, 2.45) is 13.0 Å². The van der Waals surface area contributed by atoms with Crippen molar-refractivity contribution >= 4 is 0 Å². The number of rotatable bonds is 6. The van der Waals surface area contributed by atoms with Crippen LogP contribution in [0.3, 0.4) is 0 Å². The summed E-state index contributed by atoms with van der Waals surface area (Å²) in [6, 6.07) is 0. The van der Waals surface area contributed by atoms with E-state index in [4.69, 9.17) is 4.74 Å². The summed E-state index contributed by atoms with van der Waals surface area (Å²) in [5.41, 5.74) is 3.83. The molecule has 0 radical (unpaired) electrons. The molecule has 2 aliphatic rings. The van der Waals surface area contributed by atoms with Gasteiger partial charge in [-0.15, -0.1) is 0 Å². The molecule has 0 amide bonds. The number of nitrogens with zero attached hydrogens (tertiary/aromatic N) is 4. The molecule has 2 heterocycles. The van der Waals surface area contributed by atoms with Crippen LogP contribution in [0, 0.1) is 19.8 Å². The van der Waals surface area contributed by atoms with Crippen LogP contribution in [0.5, 0.6) is 0 Å². The lowest BCUT2D eigenvalue weighted by Gasteiger charge is -2.35. The van der Waals surface area contributed by atoms with Crippen LogP contribution in [0.1, 0.15) is 29.8 Å². The summed E-state index contributed by atoms with van der Waals surface area (Å²) in [5.74, 6) is 0.949. The van der Waals surface area contributed by atoms with E-state index < -0.39 is 0 Å². The standard InChI is InChI=1S/C17H30N4O/c1-13-17(14(2)20(4)18-13)12-21-7-8-22-16(11-21)10-19(3)9-15-5-6-15/h15-16H,5-12H2,1-4H3/t16-/m0/s1. The zero-order chi connectivity index (χ0) is 15.7. The third kappa shape index (κ3) is 3.89. The van der Waals surface area contributed by atoms with Crippen molar-refractivity contribution in [3.05, 3.63) is 17.0 Å². The Hall–Kier alpha value is -0.910. The van der Waals surface area contributed by atoms with Crippen LogP contribution >= 0.6 is 0 Å². The molecule has 1 saturated carbocycles. The highest BCUT2D eigenvalue weighted by molar-refractivity contribution is 5.24. The van der Waals surface area contributed by atoms with E-state index >= 15 is 0 Å². The number of aryl methyl sites for hydroxylation is 2. The number of likely N-dealkylation sites (N-methyl/N-ethyl adjacent to an activating group) is 1. The van der Waals surface area contributed by atoms with Gasteiger partial charge in [0.15, 0.2) is 0 Å². The first-order valence-electron chi connectivity index (χ1n) is 8.54. The van der Waals surface area contributed by atoms with Gasteiger partial charge in [-0.1, -0.05) is 0 Å². The molecule has 1 aromatic heterocycles. The molecule has 0 unspecified atom stereocenters. The van der Waals surface area contributed by atoms with Crippen LogP contribution < -0.4 is 0 Å². The Morgan fingerprint density at radius 1 is 1.27 bits per heavy atom. The lowest BCUT2D eigenvalue weighted by molar-refractivity contribution is -0.0435. The summed E-state index contributed by atoms with van der Waals surface area (Å²) in [6.07, 6.45) is 3.18. The maximum atomic E-state index is 5.98. The van der Waals surface area contributed by atoms with E-state index in [9.17, 15) is 0 Å². The summed E-state index contributed by atoms with van der Waals surface area (Å²) in [5, 5.41) is 4.53. The van der Waals surface area contributed by atoms with Gasteiger partial charge < -0.3 is 9.64 Å². The first kappa shape index (κ1) is 16.0. The van der Waals surface area contributed by atoms with Gasteiger partial charge in [0.1, 0.15) is 0 Å². The first-order chi connectivity index (χ1) is 10.5. The highest BCUT2D eigenvalue weighted by Gasteiger charge is 2.27.